The lowest BCUT2D eigenvalue weighted by Crippen LogP contribution is -2.37. The van der Waals surface area contributed by atoms with Crippen molar-refractivity contribution in [1.29, 1.82) is 0 Å². The van der Waals surface area contributed by atoms with Crippen LogP contribution in [0.1, 0.15) is 0 Å². The second-order valence-electron chi connectivity index (χ2n) is 12.5. The molecule has 5 nitrogen and oxygen atoms in total. The van der Waals surface area contributed by atoms with Crippen molar-refractivity contribution in [2.45, 2.75) is 19.6 Å². The van der Waals surface area contributed by atoms with Gasteiger partial charge in [0.2, 0.25) is 0 Å². The summed E-state index contributed by atoms with van der Waals surface area (Å²) in [6.07, 6.45) is 2.04. The van der Waals surface area contributed by atoms with Crippen LogP contribution in [0, 0.1) is 0 Å². The predicted octanol–water partition coefficient (Wildman–Crippen LogP) is 9.57. The summed E-state index contributed by atoms with van der Waals surface area (Å²) in [5.74, 6) is 0.850. The first-order valence-corrected chi connectivity index (χ1v) is 18.6. The summed E-state index contributed by atoms with van der Waals surface area (Å²) in [4.78, 5) is 10.2. The van der Waals surface area contributed by atoms with Crippen molar-refractivity contribution in [1.82, 2.24) is 14.5 Å². The lowest BCUT2D eigenvalue weighted by molar-refractivity contribution is 0.477. The third kappa shape index (κ3) is 4.53. The number of aromatic nitrogens is 3. The fourth-order valence-electron chi connectivity index (χ4n) is 6.18. The number of hydrogen-bond donors (Lipinski definition) is 1. The van der Waals surface area contributed by atoms with Gasteiger partial charge in [-0.2, -0.15) is 0 Å². The van der Waals surface area contributed by atoms with Crippen molar-refractivity contribution in [3.63, 3.8) is 0 Å². The van der Waals surface area contributed by atoms with Gasteiger partial charge in [0, 0.05) is 39.3 Å². The van der Waals surface area contributed by atoms with Crippen molar-refractivity contribution in [2.75, 3.05) is 0 Å². The molecule has 3 heterocycles. The fourth-order valence-corrected chi connectivity index (χ4v) is 7.22. The number of nitrogens with zero attached hydrogens (tertiary/aromatic N) is 3. The van der Waals surface area contributed by atoms with Gasteiger partial charge >= 0.3 is 0 Å². The van der Waals surface area contributed by atoms with E-state index in [1.165, 1.54) is 5.19 Å². The van der Waals surface area contributed by atoms with E-state index in [0.717, 1.165) is 61.0 Å². The van der Waals surface area contributed by atoms with E-state index in [9.17, 15) is 5.11 Å². The number of rotatable bonds is 5. The van der Waals surface area contributed by atoms with E-state index >= 15 is 0 Å². The summed E-state index contributed by atoms with van der Waals surface area (Å²) in [5.41, 5.74) is 8.86. The smallest absolute Gasteiger partial charge is 0.149 e. The molecular weight excluding hydrogens is 571 g/mol. The van der Waals surface area contributed by atoms with Crippen molar-refractivity contribution in [3.05, 3.63) is 128 Å². The average Bonchev–Trinajstić information content (AvgIpc) is 3.63. The zero-order valence-corrected chi connectivity index (χ0v) is 26.3. The Bertz CT molecular complexity index is 2370. The highest BCUT2D eigenvalue weighted by Gasteiger charge is 2.23. The standard InChI is InChI=1S/C39H31N3O2Si/c1-45(2,3)27-20-21-33(40-24-27)25-22-31-28-14-8-10-19-36(28)44-38(31)32(23-25)29-16-11-17-34-37(29)41-39(30-15-7-9-18-35(30)43)42(34)26-12-5-4-6-13-26/h4-24,43H,1-3H3. The van der Waals surface area contributed by atoms with Gasteiger partial charge in [0.25, 0.3) is 0 Å². The molecule has 0 unspecified atom stereocenters. The maximum absolute atomic E-state index is 10.9. The van der Waals surface area contributed by atoms with Crippen LogP contribution in [0.3, 0.4) is 0 Å². The molecule has 5 aromatic carbocycles. The average molecular weight is 602 g/mol. The van der Waals surface area contributed by atoms with E-state index in [1.54, 1.807) is 6.07 Å². The Labute approximate surface area is 262 Å². The number of imidazole rings is 1. The summed E-state index contributed by atoms with van der Waals surface area (Å²) in [7, 11) is -1.49. The van der Waals surface area contributed by atoms with Crippen LogP contribution in [-0.2, 0) is 0 Å². The van der Waals surface area contributed by atoms with E-state index in [1.807, 2.05) is 60.8 Å². The zero-order chi connectivity index (χ0) is 30.7. The Morgan fingerprint density at radius 3 is 2.22 bits per heavy atom. The molecule has 8 aromatic rings. The van der Waals surface area contributed by atoms with Crippen molar-refractivity contribution >= 4 is 46.2 Å². The van der Waals surface area contributed by atoms with E-state index in [2.05, 4.69) is 84.9 Å². The monoisotopic (exact) mass is 601 g/mol. The lowest BCUT2D eigenvalue weighted by atomic mass is 9.96. The molecule has 45 heavy (non-hydrogen) atoms. The van der Waals surface area contributed by atoms with Crippen LogP contribution in [0.4, 0.5) is 0 Å². The highest BCUT2D eigenvalue weighted by molar-refractivity contribution is 6.88. The highest BCUT2D eigenvalue weighted by atomic mass is 28.3. The van der Waals surface area contributed by atoms with Crippen LogP contribution in [0.25, 0.3) is 72.4 Å². The number of furan rings is 1. The minimum atomic E-state index is -1.49. The van der Waals surface area contributed by atoms with Gasteiger partial charge in [0.15, 0.2) is 0 Å². The molecule has 0 atom stereocenters. The SMILES string of the molecule is C[Si](C)(C)c1ccc(-c2cc(-c3cccc4c3nc(-c3ccccc3O)n4-c3ccccc3)c3oc4ccccc4c3c2)nc1. The number of fused-ring (bicyclic) bond motifs is 4. The molecule has 0 fully saturated rings. The van der Waals surface area contributed by atoms with Crippen LogP contribution in [0.2, 0.25) is 19.6 Å². The van der Waals surface area contributed by atoms with Gasteiger partial charge in [-0.1, -0.05) is 86.4 Å². The molecule has 0 saturated heterocycles. The van der Waals surface area contributed by atoms with Crippen LogP contribution in [-0.4, -0.2) is 27.7 Å². The number of pyridine rings is 1. The summed E-state index contributed by atoms with van der Waals surface area (Å²) < 4.78 is 8.69. The maximum Gasteiger partial charge on any atom is 0.149 e. The molecule has 0 aliphatic heterocycles. The number of para-hydroxylation sites is 4. The Morgan fingerprint density at radius 2 is 1.44 bits per heavy atom. The number of aromatic hydroxyl groups is 1. The molecule has 1 N–H and O–H groups in total. The van der Waals surface area contributed by atoms with Gasteiger partial charge in [-0.05, 0) is 59.8 Å². The van der Waals surface area contributed by atoms with Crippen molar-refractivity contribution in [2.24, 2.45) is 0 Å². The highest BCUT2D eigenvalue weighted by Crippen LogP contribution is 2.43. The summed E-state index contributed by atoms with van der Waals surface area (Å²) in [6, 6.07) is 40.7. The van der Waals surface area contributed by atoms with Gasteiger partial charge in [-0.3, -0.25) is 9.55 Å². The topological polar surface area (TPSA) is 64.1 Å². The van der Waals surface area contributed by atoms with E-state index in [-0.39, 0.29) is 5.75 Å². The van der Waals surface area contributed by atoms with Gasteiger partial charge in [0.05, 0.1) is 30.4 Å². The zero-order valence-electron chi connectivity index (χ0n) is 25.3. The van der Waals surface area contributed by atoms with Gasteiger partial charge < -0.3 is 9.52 Å². The van der Waals surface area contributed by atoms with Crippen LogP contribution >= 0.6 is 0 Å². The van der Waals surface area contributed by atoms with E-state index < -0.39 is 8.07 Å². The van der Waals surface area contributed by atoms with Gasteiger partial charge in [0.1, 0.15) is 22.7 Å². The fraction of sp³-hybridized carbons (Fsp3) is 0.0769. The molecule has 0 radical (unpaired) electrons. The largest absolute Gasteiger partial charge is 0.507 e. The molecule has 0 spiro atoms. The first-order chi connectivity index (χ1) is 21.9. The second-order valence-corrected chi connectivity index (χ2v) is 17.6. The number of hydrogen-bond acceptors (Lipinski definition) is 4. The molecule has 0 aliphatic carbocycles. The number of phenolic OH excluding ortho intramolecular Hbond substituents is 1. The van der Waals surface area contributed by atoms with E-state index in [4.69, 9.17) is 14.4 Å². The Hall–Kier alpha value is -5.46. The molecule has 3 aromatic heterocycles. The maximum atomic E-state index is 10.9. The first kappa shape index (κ1) is 27.1. The molecule has 0 saturated carbocycles. The molecular formula is C39H31N3O2Si. The molecule has 8 rings (SSSR count). The van der Waals surface area contributed by atoms with Gasteiger partial charge in [-0.15, -0.1) is 0 Å². The minimum absolute atomic E-state index is 0.182. The molecule has 218 valence electrons. The summed E-state index contributed by atoms with van der Waals surface area (Å²) in [6.45, 7) is 7.01. The van der Waals surface area contributed by atoms with Crippen molar-refractivity contribution < 1.29 is 9.52 Å². The normalized spacial score (nSPS) is 12.0. The first-order valence-electron chi connectivity index (χ1n) is 15.1. The Kier molecular flexibility index (Phi) is 6.22. The van der Waals surface area contributed by atoms with Crippen LogP contribution in [0.5, 0.6) is 5.75 Å². The predicted molar refractivity (Wildman–Crippen MR) is 187 cm³/mol. The van der Waals surface area contributed by atoms with E-state index in [0.29, 0.717) is 11.4 Å². The summed E-state index contributed by atoms with van der Waals surface area (Å²) >= 11 is 0. The third-order valence-electron chi connectivity index (χ3n) is 8.54. The minimum Gasteiger partial charge on any atom is -0.507 e. The third-order valence-corrected chi connectivity index (χ3v) is 10.6. The Balaban J connectivity index is 1.44. The number of benzene rings is 5. The Morgan fingerprint density at radius 1 is 0.689 bits per heavy atom. The second kappa shape index (κ2) is 10.3. The molecule has 0 bridgehead atoms. The molecule has 0 amide bonds. The van der Waals surface area contributed by atoms with Crippen molar-refractivity contribution in [3.8, 4) is 45.2 Å². The van der Waals surface area contributed by atoms with Crippen LogP contribution < -0.4 is 5.19 Å². The van der Waals surface area contributed by atoms with Gasteiger partial charge in [-0.25, -0.2) is 4.98 Å². The number of phenols is 1. The molecule has 6 heteroatoms. The molecule has 0 aliphatic rings. The van der Waals surface area contributed by atoms with Crippen LogP contribution in [0.15, 0.2) is 132 Å². The quantitative estimate of drug-likeness (QED) is 0.200. The summed E-state index contributed by atoms with van der Waals surface area (Å²) in [5, 5.41) is 14.4. The lowest BCUT2D eigenvalue weighted by Gasteiger charge is -2.16.